The first-order valence-electron chi connectivity index (χ1n) is 9.76. The lowest BCUT2D eigenvalue weighted by Gasteiger charge is -2.09. The van der Waals surface area contributed by atoms with E-state index in [0.717, 1.165) is 17.7 Å². The topological polar surface area (TPSA) is 143 Å². The fourth-order valence-electron chi connectivity index (χ4n) is 2.90. The SMILES string of the molecule is O=C(Nc1cc(OCC(F)F)cc([N+](=O)[O-])c1)c1ccn(Cn2nnc(-c3ccccc3)n2)n1. The van der Waals surface area contributed by atoms with Crippen molar-refractivity contribution in [3.8, 4) is 17.1 Å². The number of nitro groups is 1. The van der Waals surface area contributed by atoms with Crippen LogP contribution in [0, 0.1) is 10.1 Å². The summed E-state index contributed by atoms with van der Waals surface area (Å²) >= 11 is 0. The number of rotatable bonds is 9. The van der Waals surface area contributed by atoms with Crippen molar-refractivity contribution in [2.24, 2.45) is 0 Å². The van der Waals surface area contributed by atoms with E-state index in [1.54, 1.807) is 0 Å². The minimum absolute atomic E-state index is 0.00459. The van der Waals surface area contributed by atoms with Crippen LogP contribution in [0.4, 0.5) is 20.2 Å². The molecule has 2 heterocycles. The number of nitrogens with one attached hydrogen (secondary N) is 1. The van der Waals surface area contributed by atoms with Gasteiger partial charge in [-0.3, -0.25) is 14.9 Å². The maximum atomic E-state index is 12.6. The zero-order valence-corrected chi connectivity index (χ0v) is 17.3. The van der Waals surface area contributed by atoms with Crippen LogP contribution in [0.25, 0.3) is 11.4 Å². The Hall–Kier alpha value is -4.75. The van der Waals surface area contributed by atoms with E-state index in [9.17, 15) is 23.7 Å². The molecule has 0 radical (unpaired) electrons. The largest absolute Gasteiger partial charge is 0.487 e. The van der Waals surface area contributed by atoms with Gasteiger partial charge in [-0.25, -0.2) is 13.5 Å². The van der Waals surface area contributed by atoms with Gasteiger partial charge in [-0.05, 0) is 11.3 Å². The highest BCUT2D eigenvalue weighted by atomic mass is 19.3. The molecule has 1 N–H and O–H groups in total. The summed E-state index contributed by atoms with van der Waals surface area (Å²) in [4.78, 5) is 24.3. The molecular formula is C20H16F2N8O4. The average molecular weight is 470 g/mol. The van der Waals surface area contributed by atoms with Crippen molar-refractivity contribution in [3.63, 3.8) is 0 Å². The summed E-state index contributed by atoms with van der Waals surface area (Å²) in [7, 11) is 0. The third-order valence-corrected chi connectivity index (χ3v) is 4.37. The molecule has 0 fully saturated rings. The zero-order valence-electron chi connectivity index (χ0n) is 17.3. The highest BCUT2D eigenvalue weighted by Gasteiger charge is 2.16. The number of nitro benzene ring substituents is 1. The fraction of sp³-hybridized carbons (Fsp3) is 0.150. The summed E-state index contributed by atoms with van der Waals surface area (Å²) in [6.07, 6.45) is -1.24. The number of hydrogen-bond acceptors (Lipinski definition) is 8. The first kappa shape index (κ1) is 22.4. The number of amides is 1. The van der Waals surface area contributed by atoms with Gasteiger partial charge in [0.1, 0.15) is 12.4 Å². The molecule has 0 saturated heterocycles. The van der Waals surface area contributed by atoms with Crippen LogP contribution in [-0.2, 0) is 6.67 Å². The lowest BCUT2D eigenvalue weighted by Crippen LogP contribution is -2.16. The second-order valence-corrected chi connectivity index (χ2v) is 6.86. The summed E-state index contributed by atoms with van der Waals surface area (Å²) in [5, 5.41) is 29.9. The molecule has 14 heteroatoms. The second-order valence-electron chi connectivity index (χ2n) is 6.86. The Morgan fingerprint density at radius 3 is 2.68 bits per heavy atom. The van der Waals surface area contributed by atoms with Crippen LogP contribution in [-0.4, -0.2) is 53.9 Å². The molecule has 0 aliphatic carbocycles. The number of hydrogen-bond donors (Lipinski definition) is 1. The molecule has 2 aromatic heterocycles. The molecule has 0 aliphatic heterocycles. The van der Waals surface area contributed by atoms with E-state index in [1.165, 1.54) is 27.8 Å². The highest BCUT2D eigenvalue weighted by molar-refractivity contribution is 6.03. The van der Waals surface area contributed by atoms with E-state index < -0.39 is 29.6 Å². The lowest BCUT2D eigenvalue weighted by atomic mass is 10.2. The molecule has 0 bridgehead atoms. The Morgan fingerprint density at radius 2 is 1.94 bits per heavy atom. The third-order valence-electron chi connectivity index (χ3n) is 4.37. The van der Waals surface area contributed by atoms with Crippen LogP contribution in [0.15, 0.2) is 60.8 Å². The average Bonchev–Trinajstić information content (AvgIpc) is 3.48. The third kappa shape index (κ3) is 5.53. The van der Waals surface area contributed by atoms with Gasteiger partial charge in [-0.1, -0.05) is 30.3 Å². The van der Waals surface area contributed by atoms with Crippen molar-refractivity contribution < 1.29 is 23.2 Å². The number of carbonyl (C=O) groups excluding carboxylic acids is 1. The Bertz CT molecular complexity index is 1310. The standard InChI is InChI=1S/C20H16F2N8O4/c21-18(22)11-34-16-9-14(8-15(10-16)30(32)33)23-20(31)17-6-7-28(25-17)12-29-26-19(24-27-29)13-4-2-1-3-5-13/h1-10,18H,11-12H2,(H,23,31). The van der Waals surface area contributed by atoms with Crippen molar-refractivity contribution in [3.05, 3.63) is 76.6 Å². The smallest absolute Gasteiger partial charge is 0.276 e. The molecule has 1 amide bonds. The summed E-state index contributed by atoms with van der Waals surface area (Å²) in [5.74, 6) is -0.418. The molecule has 0 spiro atoms. The van der Waals surface area contributed by atoms with Crippen molar-refractivity contribution in [1.82, 2.24) is 30.0 Å². The van der Waals surface area contributed by atoms with Gasteiger partial charge >= 0.3 is 0 Å². The van der Waals surface area contributed by atoms with Gasteiger partial charge in [0.15, 0.2) is 12.4 Å². The summed E-state index contributed by atoms with van der Waals surface area (Å²) in [6, 6.07) is 14.0. The summed E-state index contributed by atoms with van der Waals surface area (Å²) in [5.41, 5.74) is 0.357. The van der Waals surface area contributed by atoms with Gasteiger partial charge in [-0.2, -0.15) is 5.10 Å². The van der Waals surface area contributed by atoms with Gasteiger partial charge in [-0.15, -0.1) is 15.0 Å². The first-order chi connectivity index (χ1) is 16.4. The number of ether oxygens (including phenoxy) is 1. The zero-order chi connectivity index (χ0) is 24.1. The minimum Gasteiger partial charge on any atom is -0.487 e. The van der Waals surface area contributed by atoms with Gasteiger partial charge < -0.3 is 10.1 Å². The Morgan fingerprint density at radius 1 is 1.15 bits per heavy atom. The monoisotopic (exact) mass is 470 g/mol. The number of halogens is 2. The number of carbonyl (C=O) groups is 1. The van der Waals surface area contributed by atoms with E-state index in [4.69, 9.17) is 4.74 Å². The van der Waals surface area contributed by atoms with Crippen LogP contribution in [0.1, 0.15) is 10.5 Å². The minimum atomic E-state index is -2.76. The van der Waals surface area contributed by atoms with E-state index >= 15 is 0 Å². The number of tetrazole rings is 1. The van der Waals surface area contributed by atoms with Crippen molar-refractivity contribution >= 4 is 17.3 Å². The molecular weight excluding hydrogens is 454 g/mol. The van der Waals surface area contributed by atoms with Crippen LogP contribution in [0.2, 0.25) is 0 Å². The number of nitrogens with zero attached hydrogens (tertiary/aromatic N) is 7. The predicted octanol–water partition coefficient (Wildman–Crippen LogP) is 2.85. The first-order valence-corrected chi connectivity index (χ1v) is 9.76. The molecule has 0 aliphatic rings. The van der Waals surface area contributed by atoms with Gasteiger partial charge in [0.2, 0.25) is 5.82 Å². The number of benzene rings is 2. The number of aromatic nitrogens is 6. The molecule has 4 rings (SSSR count). The molecule has 12 nitrogen and oxygen atoms in total. The van der Waals surface area contributed by atoms with Gasteiger partial charge in [0.05, 0.1) is 16.7 Å². The number of alkyl halides is 2. The fourth-order valence-corrected chi connectivity index (χ4v) is 2.90. The lowest BCUT2D eigenvalue weighted by molar-refractivity contribution is -0.384. The Balaban J connectivity index is 1.44. The van der Waals surface area contributed by atoms with E-state index in [-0.39, 0.29) is 23.8 Å². The van der Waals surface area contributed by atoms with E-state index in [0.29, 0.717) is 5.82 Å². The van der Waals surface area contributed by atoms with Gasteiger partial charge in [0.25, 0.3) is 18.0 Å². The van der Waals surface area contributed by atoms with Gasteiger partial charge in [0, 0.05) is 23.9 Å². The van der Waals surface area contributed by atoms with E-state index in [1.807, 2.05) is 30.3 Å². The second kappa shape index (κ2) is 9.81. The Kier molecular flexibility index (Phi) is 6.47. The maximum absolute atomic E-state index is 12.6. The predicted molar refractivity (Wildman–Crippen MR) is 113 cm³/mol. The quantitative estimate of drug-likeness (QED) is 0.291. The highest BCUT2D eigenvalue weighted by Crippen LogP contribution is 2.26. The number of anilines is 1. The summed E-state index contributed by atoms with van der Waals surface area (Å²) < 4.78 is 31.0. The van der Waals surface area contributed by atoms with Crippen LogP contribution >= 0.6 is 0 Å². The molecule has 174 valence electrons. The van der Waals surface area contributed by atoms with Crippen LogP contribution in [0.5, 0.6) is 5.75 Å². The normalized spacial score (nSPS) is 10.9. The molecule has 0 unspecified atom stereocenters. The van der Waals surface area contributed by atoms with Crippen molar-refractivity contribution in [2.75, 3.05) is 11.9 Å². The number of non-ortho nitro benzene ring substituents is 1. The van der Waals surface area contributed by atoms with E-state index in [2.05, 4.69) is 25.8 Å². The molecule has 2 aromatic carbocycles. The van der Waals surface area contributed by atoms with Crippen LogP contribution in [0.3, 0.4) is 0 Å². The molecule has 0 atom stereocenters. The Labute approximate surface area is 189 Å². The van der Waals surface area contributed by atoms with Crippen molar-refractivity contribution in [2.45, 2.75) is 13.1 Å². The summed E-state index contributed by atoms with van der Waals surface area (Å²) in [6.45, 7) is -0.864. The molecule has 0 saturated carbocycles. The van der Waals surface area contributed by atoms with Crippen LogP contribution < -0.4 is 10.1 Å². The maximum Gasteiger partial charge on any atom is 0.276 e. The molecule has 4 aromatic rings. The van der Waals surface area contributed by atoms with Crippen molar-refractivity contribution in [1.29, 1.82) is 0 Å². The molecule has 34 heavy (non-hydrogen) atoms.